The van der Waals surface area contributed by atoms with Crippen LogP contribution in [0, 0.1) is 13.8 Å². The molecule has 0 atom stereocenters. The number of aromatic nitrogens is 2. The molecule has 2 fully saturated rings. The van der Waals surface area contributed by atoms with Gasteiger partial charge in [0.1, 0.15) is 5.56 Å². The van der Waals surface area contributed by atoms with Crippen LogP contribution in [0.1, 0.15) is 41.1 Å². The molecule has 1 aliphatic heterocycles. The Hall–Kier alpha value is -2.72. The van der Waals surface area contributed by atoms with Gasteiger partial charge in [-0.2, -0.15) is 18.3 Å². The topological polar surface area (TPSA) is 70.5 Å². The third-order valence-corrected chi connectivity index (χ3v) is 6.21. The molecule has 7 nitrogen and oxygen atoms in total. The van der Waals surface area contributed by atoms with Crippen molar-refractivity contribution in [1.29, 1.82) is 0 Å². The molecule has 1 aromatic carbocycles. The molecule has 0 bridgehead atoms. The third-order valence-electron chi connectivity index (χ3n) is 6.21. The van der Waals surface area contributed by atoms with Crippen LogP contribution in [-0.2, 0) is 17.6 Å². The maximum Gasteiger partial charge on any atom is 0.421 e. The van der Waals surface area contributed by atoms with E-state index in [-0.39, 0.29) is 25.0 Å². The summed E-state index contributed by atoms with van der Waals surface area (Å²) in [5.74, 6) is -0.101. The molecule has 4 rings (SSSR count). The molecular formula is C23H28F3N5O2. The monoisotopic (exact) mass is 463 g/mol. The molecule has 0 unspecified atom stereocenters. The number of halogens is 3. The fourth-order valence-electron chi connectivity index (χ4n) is 4.11. The second-order valence-electron chi connectivity index (χ2n) is 8.91. The van der Waals surface area contributed by atoms with Crippen LogP contribution in [0.3, 0.4) is 0 Å². The van der Waals surface area contributed by atoms with Gasteiger partial charge in [-0.15, -0.1) is 0 Å². The van der Waals surface area contributed by atoms with Crippen LogP contribution in [-0.4, -0.2) is 58.2 Å². The zero-order valence-corrected chi connectivity index (χ0v) is 18.8. The molecule has 33 heavy (non-hydrogen) atoms. The Morgan fingerprint density at radius 1 is 1.09 bits per heavy atom. The Bertz CT molecular complexity index is 1070. The number of alkyl halides is 3. The molecule has 1 N–H and O–H groups in total. The van der Waals surface area contributed by atoms with Gasteiger partial charge in [0, 0.05) is 37.8 Å². The minimum absolute atomic E-state index is 0.00481. The molecule has 1 aliphatic carbocycles. The number of aryl methyl sites for hydroxylation is 2. The van der Waals surface area contributed by atoms with Gasteiger partial charge in [0.2, 0.25) is 5.91 Å². The first-order valence-electron chi connectivity index (χ1n) is 11.1. The zero-order valence-electron chi connectivity index (χ0n) is 18.8. The van der Waals surface area contributed by atoms with Crippen LogP contribution >= 0.6 is 0 Å². The number of hydrogen-bond donors (Lipinski definition) is 1. The second kappa shape index (κ2) is 9.26. The summed E-state index contributed by atoms with van der Waals surface area (Å²) in [7, 11) is 0. The summed E-state index contributed by atoms with van der Waals surface area (Å²) in [4.78, 5) is 28.8. The molecule has 0 spiro atoms. The van der Waals surface area contributed by atoms with E-state index in [1.165, 1.54) is 0 Å². The maximum atomic E-state index is 13.4. The number of carbonyl (C=O) groups excluding carboxylic acids is 1. The average Bonchev–Trinajstić information content (AvgIpc) is 3.58. The molecule has 1 saturated heterocycles. The second-order valence-corrected chi connectivity index (χ2v) is 8.91. The predicted octanol–water partition coefficient (Wildman–Crippen LogP) is 2.97. The number of anilines is 1. The van der Waals surface area contributed by atoms with E-state index < -0.39 is 17.3 Å². The Balaban J connectivity index is 1.35. The van der Waals surface area contributed by atoms with Gasteiger partial charge in [-0.3, -0.25) is 19.4 Å². The minimum Gasteiger partial charge on any atom is -0.324 e. The number of para-hydroxylation sites is 1. The number of piperazine rings is 1. The van der Waals surface area contributed by atoms with Crippen molar-refractivity contribution in [1.82, 2.24) is 19.6 Å². The van der Waals surface area contributed by atoms with Crippen molar-refractivity contribution in [2.24, 2.45) is 0 Å². The predicted molar refractivity (Wildman–Crippen MR) is 118 cm³/mol. The fraction of sp³-hybridized carbons (Fsp3) is 0.522. The van der Waals surface area contributed by atoms with Gasteiger partial charge in [0.15, 0.2) is 0 Å². The van der Waals surface area contributed by atoms with Gasteiger partial charge in [-0.05, 0) is 43.9 Å². The van der Waals surface area contributed by atoms with E-state index in [0.717, 1.165) is 40.4 Å². The van der Waals surface area contributed by atoms with Crippen molar-refractivity contribution in [3.63, 3.8) is 0 Å². The van der Waals surface area contributed by atoms with Gasteiger partial charge in [-0.1, -0.05) is 18.2 Å². The van der Waals surface area contributed by atoms with Crippen molar-refractivity contribution in [2.45, 2.75) is 45.5 Å². The summed E-state index contributed by atoms with van der Waals surface area (Å²) in [6.07, 6.45) is -3.11. The molecule has 1 amide bonds. The molecule has 2 heterocycles. The SMILES string of the molecule is Cc1cccc(C)c1NC(=O)CN1CCN(Cn2nc(C3CC3)cc(C(F)(F)F)c2=O)CC1. The first-order chi connectivity index (χ1) is 15.6. The van der Waals surface area contributed by atoms with E-state index in [1.807, 2.05) is 41.8 Å². The normalized spacial score (nSPS) is 17.8. The lowest BCUT2D eigenvalue weighted by molar-refractivity contribution is -0.139. The van der Waals surface area contributed by atoms with Crippen LogP contribution in [0.25, 0.3) is 0 Å². The highest BCUT2D eigenvalue weighted by Crippen LogP contribution is 2.40. The first kappa shape index (κ1) is 23.4. The lowest BCUT2D eigenvalue weighted by atomic mass is 10.1. The Kier molecular flexibility index (Phi) is 6.58. The molecule has 2 aromatic rings. The average molecular weight is 464 g/mol. The fourth-order valence-corrected chi connectivity index (χ4v) is 4.11. The molecule has 10 heteroatoms. The molecule has 178 valence electrons. The Morgan fingerprint density at radius 2 is 1.70 bits per heavy atom. The molecule has 1 saturated carbocycles. The number of nitrogens with one attached hydrogen (secondary N) is 1. The summed E-state index contributed by atoms with van der Waals surface area (Å²) in [6.45, 7) is 6.33. The van der Waals surface area contributed by atoms with Crippen molar-refractivity contribution in [2.75, 3.05) is 38.0 Å². The van der Waals surface area contributed by atoms with Crippen LogP contribution in [0.5, 0.6) is 0 Å². The smallest absolute Gasteiger partial charge is 0.324 e. The van der Waals surface area contributed by atoms with Gasteiger partial charge in [0.25, 0.3) is 5.56 Å². The minimum atomic E-state index is -4.70. The van der Waals surface area contributed by atoms with E-state index >= 15 is 0 Å². The van der Waals surface area contributed by atoms with E-state index in [4.69, 9.17) is 0 Å². The summed E-state index contributed by atoms with van der Waals surface area (Å²) >= 11 is 0. The van der Waals surface area contributed by atoms with E-state index in [2.05, 4.69) is 10.4 Å². The number of rotatable bonds is 6. The van der Waals surface area contributed by atoms with Gasteiger partial charge < -0.3 is 5.32 Å². The Morgan fingerprint density at radius 3 is 2.27 bits per heavy atom. The summed E-state index contributed by atoms with van der Waals surface area (Å²) < 4.78 is 41.0. The lowest BCUT2D eigenvalue weighted by Crippen LogP contribution is -2.50. The van der Waals surface area contributed by atoms with E-state index in [0.29, 0.717) is 31.9 Å². The summed E-state index contributed by atoms with van der Waals surface area (Å²) in [5.41, 5.74) is 0.894. The summed E-state index contributed by atoms with van der Waals surface area (Å²) in [5, 5.41) is 7.19. The van der Waals surface area contributed by atoms with Crippen molar-refractivity contribution < 1.29 is 18.0 Å². The number of nitrogens with zero attached hydrogens (tertiary/aromatic N) is 4. The third kappa shape index (κ3) is 5.62. The summed E-state index contributed by atoms with van der Waals surface area (Å²) in [6, 6.07) is 6.74. The maximum absolute atomic E-state index is 13.4. The molecule has 2 aliphatic rings. The van der Waals surface area contributed by atoms with Crippen LogP contribution in [0.15, 0.2) is 29.1 Å². The highest BCUT2D eigenvalue weighted by atomic mass is 19.4. The largest absolute Gasteiger partial charge is 0.421 e. The number of amides is 1. The number of carbonyl (C=O) groups is 1. The molecule has 0 radical (unpaired) electrons. The van der Waals surface area contributed by atoms with Crippen molar-refractivity contribution in [3.05, 3.63) is 57.0 Å². The van der Waals surface area contributed by atoms with Crippen LogP contribution < -0.4 is 10.9 Å². The zero-order chi connectivity index (χ0) is 23.8. The number of hydrogen-bond acceptors (Lipinski definition) is 5. The lowest BCUT2D eigenvalue weighted by Gasteiger charge is -2.34. The van der Waals surface area contributed by atoms with E-state index in [9.17, 15) is 22.8 Å². The van der Waals surface area contributed by atoms with Gasteiger partial charge in [0.05, 0.1) is 18.9 Å². The standard InChI is InChI=1S/C23H28F3N5O2/c1-15-4-3-5-16(2)21(15)27-20(32)13-29-8-10-30(11-9-29)14-31-22(33)18(23(24,25)26)12-19(28-31)17-6-7-17/h3-5,12,17H,6-11,13-14H2,1-2H3,(H,27,32). The van der Waals surface area contributed by atoms with Gasteiger partial charge >= 0.3 is 6.18 Å². The van der Waals surface area contributed by atoms with Crippen molar-refractivity contribution >= 4 is 11.6 Å². The van der Waals surface area contributed by atoms with Crippen LogP contribution in [0.4, 0.5) is 18.9 Å². The Labute approximate surface area is 190 Å². The highest BCUT2D eigenvalue weighted by molar-refractivity contribution is 5.93. The number of benzene rings is 1. The molecule has 1 aromatic heterocycles. The van der Waals surface area contributed by atoms with Gasteiger partial charge in [-0.25, -0.2) is 4.68 Å². The van der Waals surface area contributed by atoms with Crippen molar-refractivity contribution in [3.8, 4) is 0 Å². The van der Waals surface area contributed by atoms with E-state index in [1.54, 1.807) is 0 Å². The first-order valence-corrected chi connectivity index (χ1v) is 11.1. The highest BCUT2D eigenvalue weighted by Gasteiger charge is 2.38. The molecular weight excluding hydrogens is 435 g/mol. The van der Waals surface area contributed by atoms with Crippen LogP contribution in [0.2, 0.25) is 0 Å². The quantitative estimate of drug-likeness (QED) is 0.714.